The molecule has 24 rings (SSSR count). The predicted molar refractivity (Wildman–Crippen MR) is 536 cm³/mol. The van der Waals surface area contributed by atoms with Gasteiger partial charge in [0, 0.05) is 170 Å². The van der Waals surface area contributed by atoms with Crippen molar-refractivity contribution in [3.8, 4) is 44.5 Å². The molecule has 716 valence electrons. The zero-order chi connectivity index (χ0) is 94.9. The lowest BCUT2D eigenvalue weighted by Crippen LogP contribution is -2.54. The van der Waals surface area contributed by atoms with Crippen molar-refractivity contribution >= 4 is 58.1 Å². The topological polar surface area (TPSA) is 169 Å². The van der Waals surface area contributed by atoms with Crippen LogP contribution in [0.1, 0.15) is 166 Å². The number of amides is 4. The number of aryl methyl sites for hydroxylation is 5. The molecule has 0 bridgehead atoms. The molecule has 26 heteroatoms. The smallest absolute Gasteiger partial charge is 0.239 e. The second-order valence-electron chi connectivity index (χ2n) is 41.0. The lowest BCUT2D eigenvalue weighted by atomic mass is 9.73. The molecule has 12 aliphatic rings. The molecule has 10 aliphatic heterocycles. The molecule has 4 spiro atoms. The van der Waals surface area contributed by atoms with Crippen molar-refractivity contribution in [1.82, 2.24) is 63.6 Å². The van der Waals surface area contributed by atoms with Crippen LogP contribution in [0.5, 0.6) is 0 Å². The van der Waals surface area contributed by atoms with Crippen molar-refractivity contribution in [3.63, 3.8) is 0 Å². The van der Waals surface area contributed by atoms with Gasteiger partial charge in [0.05, 0.1) is 72.1 Å². The zero-order valence-electron chi connectivity index (χ0n) is 80.2. The van der Waals surface area contributed by atoms with Crippen molar-refractivity contribution in [2.75, 3.05) is 104 Å². The van der Waals surface area contributed by atoms with Gasteiger partial charge in [0.15, 0.2) is 0 Å². The minimum atomic E-state index is -0.500. The van der Waals surface area contributed by atoms with Gasteiger partial charge in [-0.1, -0.05) is 147 Å². The molecule has 8 aromatic carbocycles. The Balaban J connectivity index is 0.000000110. The zero-order valence-corrected chi connectivity index (χ0v) is 81.0. The molecule has 14 heterocycles. The predicted octanol–water partition coefficient (Wildman–Crippen LogP) is 18.8. The normalized spacial score (nSPS) is 22.6. The van der Waals surface area contributed by atoms with E-state index in [2.05, 4.69) is 88.0 Å². The first-order chi connectivity index (χ1) is 67.0. The summed E-state index contributed by atoms with van der Waals surface area (Å²) in [6.45, 7) is 12.6. The number of carbonyl (C=O) groups is 4. The number of piperidine rings is 3. The largest absolute Gasteiger partial charge is 0.307 e. The number of benzene rings is 8. The van der Waals surface area contributed by atoms with Crippen molar-refractivity contribution in [2.45, 2.75) is 195 Å². The molecule has 12 aromatic rings. The van der Waals surface area contributed by atoms with Gasteiger partial charge in [-0.15, -0.1) is 0 Å². The number of para-hydroxylation sites is 4. The van der Waals surface area contributed by atoms with Gasteiger partial charge in [0.25, 0.3) is 0 Å². The van der Waals surface area contributed by atoms with E-state index >= 15 is 13.2 Å². The second-order valence-corrected chi connectivity index (χ2v) is 42.2. The summed E-state index contributed by atoms with van der Waals surface area (Å²) in [6.07, 6.45) is 32.8. The minimum absolute atomic E-state index is 0.125. The molecule has 0 radical (unpaired) electrons. The number of hydrogen-bond acceptors (Lipinski definition) is 14. The highest BCUT2D eigenvalue weighted by atomic mass is 32.2. The first kappa shape index (κ1) is 92.7. The highest BCUT2D eigenvalue weighted by Gasteiger charge is 2.59. The van der Waals surface area contributed by atoms with Crippen LogP contribution in [0.3, 0.4) is 0 Å². The van der Waals surface area contributed by atoms with Crippen LogP contribution in [0, 0.1) is 30.2 Å². The number of aromatic nitrogens is 8. The highest BCUT2D eigenvalue weighted by molar-refractivity contribution is 7.99. The molecule has 2 saturated carbocycles. The first-order valence-electron chi connectivity index (χ1n) is 50.0. The number of fused-ring (bicyclic) bond motifs is 8. The molecule has 4 unspecified atom stereocenters. The summed E-state index contributed by atoms with van der Waals surface area (Å²) in [5.74, 6) is 1.87. The van der Waals surface area contributed by atoms with Crippen LogP contribution in [0.4, 0.5) is 40.3 Å². The highest BCUT2D eigenvalue weighted by Crippen LogP contribution is 2.55. The summed E-state index contributed by atoms with van der Waals surface area (Å²) >= 11 is 2.06. The van der Waals surface area contributed by atoms with Gasteiger partial charge in [-0.2, -0.15) is 32.2 Å². The number of hydrogen-bond donors (Lipinski definition) is 0. The van der Waals surface area contributed by atoms with Gasteiger partial charge in [-0.3, -0.25) is 57.5 Å². The van der Waals surface area contributed by atoms with E-state index in [0.29, 0.717) is 53.0 Å². The Morgan fingerprint density at radius 2 is 0.732 bits per heavy atom. The quantitative estimate of drug-likeness (QED) is 0.0838. The molecule has 4 amide bonds. The van der Waals surface area contributed by atoms with Crippen molar-refractivity contribution < 1.29 is 36.7 Å². The lowest BCUT2D eigenvalue weighted by Gasteiger charge is -2.44. The van der Waals surface area contributed by atoms with Gasteiger partial charge in [0.1, 0.15) is 23.3 Å². The van der Waals surface area contributed by atoms with Gasteiger partial charge in [-0.25, -0.2) is 17.6 Å². The summed E-state index contributed by atoms with van der Waals surface area (Å²) in [5.41, 5.74) is 15.9. The minimum Gasteiger partial charge on any atom is -0.307 e. The molecule has 4 atom stereocenters. The summed E-state index contributed by atoms with van der Waals surface area (Å²) < 4.78 is 67.6. The molecule has 21 nitrogen and oxygen atoms in total. The summed E-state index contributed by atoms with van der Waals surface area (Å²) in [5, 5.41) is 16.9. The maximum Gasteiger partial charge on any atom is 0.239 e. The fourth-order valence-corrected chi connectivity index (χ4v) is 26.5. The second kappa shape index (κ2) is 38.5. The Bertz CT molecular complexity index is 6550. The Hall–Kier alpha value is -11.7. The number of carbonyl (C=O) groups excluding carboxylic acids is 4. The van der Waals surface area contributed by atoms with Gasteiger partial charge in [-0.05, 0) is 248 Å². The molecule has 0 N–H and O–H groups in total. The van der Waals surface area contributed by atoms with Crippen LogP contribution < -0.4 is 19.6 Å². The number of nitrogens with zero attached hydrogens (tertiary/aromatic N) is 17. The third kappa shape index (κ3) is 17.4. The van der Waals surface area contributed by atoms with Crippen molar-refractivity contribution in [1.29, 1.82) is 0 Å². The Labute approximate surface area is 811 Å². The number of anilines is 4. The lowest BCUT2D eigenvalue weighted by molar-refractivity contribution is -0.126. The third-order valence-corrected chi connectivity index (χ3v) is 33.9. The van der Waals surface area contributed by atoms with Crippen LogP contribution in [0.2, 0.25) is 0 Å². The van der Waals surface area contributed by atoms with Gasteiger partial charge in [0.2, 0.25) is 23.6 Å². The summed E-state index contributed by atoms with van der Waals surface area (Å²) in [7, 11) is 9.58. The number of likely N-dealkylation sites (tertiary alicyclic amines) is 5. The van der Waals surface area contributed by atoms with E-state index < -0.39 is 21.7 Å². The SMILES string of the molecule is CN1CCCC(N2CCC3(CC2)C(=O)N(Cc2ccc(-c4cnn(C)c4)cc2F)c2ccccc23)C1.Cc1nn(C)cc1-c1ccc(CN2C(=O)C3(CCN(C4CCCC4)C3)c3ccccc32)c(F)c1.Cn1cc(-c2ccc(CN3C(=O)C4(CCN(C5CCCC5)C4)c4ccccc43)cc2F)cn1.Cn1cc(-c2ccc(CN3C(=O)C4(CCN(C5CCCSC5)CC4)c4ccccc43)c(F)c2)cn1. The first-order valence-corrected chi connectivity index (χ1v) is 51.2. The molecular weight excluding hydrogens is 1760 g/mol. The third-order valence-electron chi connectivity index (χ3n) is 32.7. The van der Waals surface area contributed by atoms with E-state index in [1.54, 1.807) is 79.9 Å². The van der Waals surface area contributed by atoms with Crippen LogP contribution in [-0.2, 0) is 95.2 Å². The number of halogens is 4. The van der Waals surface area contributed by atoms with E-state index in [0.717, 1.165) is 193 Å². The monoisotopic (exact) mass is 1880 g/mol. The van der Waals surface area contributed by atoms with Crippen LogP contribution in [0.15, 0.2) is 213 Å². The van der Waals surface area contributed by atoms with Crippen LogP contribution in [0.25, 0.3) is 44.5 Å². The van der Waals surface area contributed by atoms with E-state index in [-0.39, 0.29) is 66.5 Å². The average molecular weight is 1880 g/mol. The Kier molecular flexibility index (Phi) is 25.9. The summed E-state index contributed by atoms with van der Waals surface area (Å²) in [6, 6.07) is 56.2. The fourth-order valence-electron chi connectivity index (χ4n) is 25.3. The van der Waals surface area contributed by atoms with E-state index in [1.807, 2.05) is 182 Å². The van der Waals surface area contributed by atoms with Crippen LogP contribution in [-0.4, -0.2) is 195 Å². The Morgan fingerprint density at radius 3 is 1.14 bits per heavy atom. The maximum atomic E-state index is 15.3. The molecule has 2 aliphatic carbocycles. The van der Waals surface area contributed by atoms with Crippen LogP contribution >= 0.6 is 11.8 Å². The number of thioether (sulfide) groups is 1. The number of likely N-dealkylation sites (N-methyl/N-ethyl adjacent to an activating group) is 1. The van der Waals surface area contributed by atoms with Crippen molar-refractivity contribution in [3.05, 3.63) is 287 Å². The van der Waals surface area contributed by atoms with E-state index in [4.69, 9.17) is 0 Å². The molecule has 8 fully saturated rings. The molecular formula is C112H125F4N17O4S. The molecule has 138 heavy (non-hydrogen) atoms. The van der Waals surface area contributed by atoms with Crippen molar-refractivity contribution in [2.24, 2.45) is 28.2 Å². The Morgan fingerprint density at radius 1 is 0.348 bits per heavy atom. The van der Waals surface area contributed by atoms with E-state index in [9.17, 15) is 23.6 Å². The maximum absolute atomic E-state index is 15.3. The van der Waals surface area contributed by atoms with Gasteiger partial charge < -0.3 is 24.5 Å². The molecule has 4 aromatic heterocycles. The summed E-state index contributed by atoms with van der Waals surface area (Å²) in [4.78, 5) is 76.0. The van der Waals surface area contributed by atoms with E-state index in [1.165, 1.54) is 95.1 Å². The fraction of sp³-hybridized carbons (Fsp3) is 0.429. The van der Waals surface area contributed by atoms with Gasteiger partial charge >= 0.3 is 0 Å². The average Bonchev–Trinajstić information content (AvgIpc) is 1.56. The standard InChI is InChI=1S/C29H34FN5O.C28H31FN4OS.C28H31FN4O.C27H29FN4O/c1-32-13-5-6-24(20-32)34-14-11-29(12-15-34)25-7-3-4-8-27(25)35(28(29)36)19-22-10-9-21(16-26(22)30)23-17-31-33(2)18-23;1-31-17-22(16-30-31)20-8-9-21(25(29)15-20)18-33-26-7-3-2-6-24(26)28(27(33)34)10-12-32(13-11-28)23-5-4-14-35-19-23;1-19-23(17-31(2)30-19)20-11-12-21(25(29)15-20)16-33-26-10-6-5-9-24(26)28(27(33)34)13-14-32(18-28)22-7-3-4-8-22;1-30-17-20(15-29-30)22-11-10-19(14-24(22)28)16-32-25-9-5-4-8-23(25)27(26(32)33)12-13-31(18-27)21-6-2-3-7-21/h3-4,7-10,16-18,24H,5-6,11-15,19-20H2,1-2H3;2-3,6-9,15-17,23H,4-5,10-14,18-19H2,1H3;5-6,9-12,15,17,22H,3-4,7-8,13-14,16,18H2,1-2H3;4-5,8-11,14-15,17,21H,2-3,6-7,12-13,16,18H2,1H3. The molecule has 6 saturated heterocycles. The number of rotatable bonds is 16.